The van der Waals surface area contributed by atoms with Gasteiger partial charge in [-0.2, -0.15) is 5.10 Å². The minimum Gasteiger partial charge on any atom is -0.381 e. The molecule has 0 spiro atoms. The monoisotopic (exact) mass is 456 g/mol. The predicted octanol–water partition coefficient (Wildman–Crippen LogP) is 5.83. The van der Waals surface area contributed by atoms with Crippen molar-refractivity contribution in [2.45, 2.75) is 44.4 Å². The van der Waals surface area contributed by atoms with E-state index in [9.17, 15) is 0 Å². The first-order valence-electron chi connectivity index (χ1n) is 12.0. The van der Waals surface area contributed by atoms with Gasteiger partial charge in [-0.1, -0.05) is 67.8 Å². The van der Waals surface area contributed by atoms with E-state index in [1.165, 1.54) is 30.4 Å². The number of nitrogens with zero attached hydrogens (tertiary/aromatic N) is 4. The normalized spacial score (nSPS) is 18.5. The van der Waals surface area contributed by atoms with Crippen LogP contribution in [0.25, 0.3) is 16.4 Å². The number of ether oxygens (including phenoxy) is 1. The van der Waals surface area contributed by atoms with Crippen molar-refractivity contribution in [1.82, 2.24) is 19.7 Å². The first-order valence-corrected chi connectivity index (χ1v) is 12.8. The topological polar surface area (TPSA) is 52.8 Å². The van der Waals surface area contributed by atoms with E-state index in [1.807, 2.05) is 6.20 Å². The van der Waals surface area contributed by atoms with Crippen LogP contribution in [0.4, 0.5) is 0 Å². The Kier molecular flexibility index (Phi) is 5.78. The number of hydrogen-bond donors (Lipinski definition) is 0. The molecule has 0 bridgehead atoms. The predicted molar refractivity (Wildman–Crippen MR) is 131 cm³/mol. The smallest absolute Gasteiger partial charge is 0.175 e. The summed E-state index contributed by atoms with van der Waals surface area (Å²) in [7, 11) is 0. The highest BCUT2D eigenvalue weighted by atomic mass is 32.1. The minimum atomic E-state index is 0.403. The molecule has 1 unspecified atom stereocenters. The molecule has 4 aromatic rings. The maximum absolute atomic E-state index is 5.59. The van der Waals surface area contributed by atoms with Crippen LogP contribution in [0, 0.1) is 5.92 Å². The van der Waals surface area contributed by atoms with Gasteiger partial charge >= 0.3 is 0 Å². The lowest BCUT2D eigenvalue weighted by Crippen LogP contribution is -2.14. The van der Waals surface area contributed by atoms with E-state index in [1.54, 1.807) is 11.3 Å². The third-order valence-corrected chi connectivity index (χ3v) is 7.98. The molecule has 1 atom stereocenters. The first-order chi connectivity index (χ1) is 16.3. The summed E-state index contributed by atoms with van der Waals surface area (Å²) >= 11 is 1.74. The summed E-state index contributed by atoms with van der Waals surface area (Å²) in [5, 5.41) is 6.20. The molecule has 0 amide bonds. The van der Waals surface area contributed by atoms with Crippen LogP contribution in [-0.2, 0) is 17.6 Å². The molecular weight excluding hydrogens is 428 g/mol. The van der Waals surface area contributed by atoms with E-state index < -0.39 is 0 Å². The molecule has 1 aliphatic carbocycles. The first kappa shape index (κ1) is 20.8. The lowest BCUT2D eigenvalue weighted by Gasteiger charge is -2.23. The van der Waals surface area contributed by atoms with Crippen LogP contribution < -0.4 is 0 Å². The molecule has 3 heterocycles. The average molecular weight is 457 g/mol. The quantitative estimate of drug-likeness (QED) is 0.351. The van der Waals surface area contributed by atoms with Gasteiger partial charge in [-0.15, -0.1) is 11.3 Å². The second kappa shape index (κ2) is 9.20. The molecule has 6 heteroatoms. The highest BCUT2D eigenvalue weighted by Gasteiger charge is 2.25. The van der Waals surface area contributed by atoms with E-state index in [0.29, 0.717) is 5.92 Å². The Morgan fingerprint density at radius 3 is 2.64 bits per heavy atom. The molecule has 5 nitrogen and oxygen atoms in total. The molecule has 2 aliphatic rings. The maximum Gasteiger partial charge on any atom is 0.175 e. The van der Waals surface area contributed by atoms with Crippen LogP contribution in [-0.4, -0.2) is 33.0 Å². The Morgan fingerprint density at radius 2 is 1.85 bits per heavy atom. The Morgan fingerprint density at radius 1 is 1.00 bits per heavy atom. The van der Waals surface area contributed by atoms with E-state index in [-0.39, 0.29) is 0 Å². The molecule has 1 aliphatic heterocycles. The number of rotatable bonds is 7. The highest BCUT2D eigenvalue weighted by Crippen LogP contribution is 2.35. The summed E-state index contributed by atoms with van der Waals surface area (Å²) in [6.45, 7) is 1.60. The molecule has 0 N–H and O–H groups in total. The van der Waals surface area contributed by atoms with Crippen molar-refractivity contribution in [3.05, 3.63) is 82.8 Å². The van der Waals surface area contributed by atoms with Crippen molar-refractivity contribution in [3.63, 3.8) is 0 Å². The minimum absolute atomic E-state index is 0.403. The van der Waals surface area contributed by atoms with Crippen LogP contribution in [0.5, 0.6) is 0 Å². The fourth-order valence-corrected chi connectivity index (χ4v) is 5.73. The van der Waals surface area contributed by atoms with E-state index in [2.05, 4.69) is 59.3 Å². The van der Waals surface area contributed by atoms with Crippen molar-refractivity contribution in [1.29, 1.82) is 0 Å². The number of hydrogen-bond acceptors (Lipinski definition) is 5. The van der Waals surface area contributed by atoms with E-state index >= 15 is 0 Å². The van der Waals surface area contributed by atoms with Crippen molar-refractivity contribution < 1.29 is 4.74 Å². The highest BCUT2D eigenvalue weighted by molar-refractivity contribution is 7.15. The second-order valence-corrected chi connectivity index (χ2v) is 10.2. The standard InChI is InChI=1S/C27H28N4OS/c1-2-7-19(8-3-1)15-21-11-4-5-12-23(21)31-26(29-25(30-31)16-20-9-6-10-20)24-17-28-27(33-24)22-13-14-32-18-22/h1-5,7-8,11-12,17,20,22H,6,9-10,13-16,18H2. The lowest BCUT2D eigenvalue weighted by molar-refractivity contribution is 0.194. The van der Waals surface area contributed by atoms with Gasteiger partial charge in [-0.05, 0) is 36.0 Å². The maximum atomic E-state index is 5.59. The van der Waals surface area contributed by atoms with Crippen LogP contribution in [0.15, 0.2) is 60.8 Å². The average Bonchev–Trinajstić information content (AvgIpc) is 3.58. The summed E-state index contributed by atoms with van der Waals surface area (Å²) < 4.78 is 7.66. The summed E-state index contributed by atoms with van der Waals surface area (Å²) in [6, 6.07) is 19.2. The Labute approximate surface area is 198 Å². The number of aromatic nitrogens is 4. The number of para-hydroxylation sites is 1. The third-order valence-electron chi connectivity index (χ3n) is 6.83. The third kappa shape index (κ3) is 4.37. The Bertz CT molecular complexity index is 1220. The van der Waals surface area contributed by atoms with E-state index in [0.717, 1.165) is 65.6 Å². The van der Waals surface area contributed by atoms with Gasteiger partial charge in [-0.25, -0.2) is 14.6 Å². The van der Waals surface area contributed by atoms with Crippen molar-refractivity contribution in [2.75, 3.05) is 13.2 Å². The van der Waals surface area contributed by atoms with Gasteiger partial charge in [0.25, 0.3) is 0 Å². The fraction of sp³-hybridized carbons (Fsp3) is 0.370. The number of thiazole rings is 1. The second-order valence-electron chi connectivity index (χ2n) is 9.18. The van der Waals surface area contributed by atoms with Crippen molar-refractivity contribution >= 4 is 11.3 Å². The molecule has 6 rings (SSSR count). The summed E-state index contributed by atoms with van der Waals surface area (Å²) in [5.41, 5.74) is 3.64. The SMILES string of the molecule is c1ccc(Cc2ccccc2-n2nc(CC3CCC3)nc2-c2cnc(C3CCOC3)s2)cc1. The Hall–Kier alpha value is -2.83. The fourth-order valence-electron chi connectivity index (χ4n) is 4.72. The van der Waals surface area contributed by atoms with Crippen LogP contribution in [0.3, 0.4) is 0 Å². The molecule has 1 saturated carbocycles. The molecular formula is C27H28N4OS. The zero-order chi connectivity index (χ0) is 22.0. The number of benzene rings is 2. The molecule has 0 radical (unpaired) electrons. The lowest BCUT2D eigenvalue weighted by atomic mass is 9.83. The van der Waals surface area contributed by atoms with E-state index in [4.69, 9.17) is 19.8 Å². The van der Waals surface area contributed by atoms with Gasteiger partial charge in [0, 0.05) is 25.1 Å². The van der Waals surface area contributed by atoms with Gasteiger partial charge in [0.15, 0.2) is 11.6 Å². The molecule has 1 saturated heterocycles. The van der Waals surface area contributed by atoms with Crippen molar-refractivity contribution in [2.24, 2.45) is 5.92 Å². The van der Waals surface area contributed by atoms with Gasteiger partial charge in [0.05, 0.1) is 22.2 Å². The van der Waals surface area contributed by atoms with Crippen LogP contribution in [0.1, 0.15) is 53.6 Å². The van der Waals surface area contributed by atoms with Crippen LogP contribution in [0.2, 0.25) is 0 Å². The van der Waals surface area contributed by atoms with Crippen LogP contribution >= 0.6 is 11.3 Å². The Balaban J connectivity index is 1.40. The molecule has 168 valence electrons. The molecule has 2 aromatic carbocycles. The zero-order valence-electron chi connectivity index (χ0n) is 18.7. The summed E-state index contributed by atoms with van der Waals surface area (Å²) in [6.07, 6.45) is 8.77. The molecule has 2 aromatic heterocycles. The molecule has 33 heavy (non-hydrogen) atoms. The summed E-state index contributed by atoms with van der Waals surface area (Å²) in [5.74, 6) is 2.98. The van der Waals surface area contributed by atoms with Gasteiger partial charge < -0.3 is 4.74 Å². The van der Waals surface area contributed by atoms with Gasteiger partial charge in [-0.3, -0.25) is 0 Å². The molecule has 2 fully saturated rings. The summed E-state index contributed by atoms with van der Waals surface area (Å²) in [4.78, 5) is 10.9. The van der Waals surface area contributed by atoms with Gasteiger partial charge in [0.2, 0.25) is 0 Å². The van der Waals surface area contributed by atoms with Crippen molar-refractivity contribution in [3.8, 4) is 16.4 Å². The largest absolute Gasteiger partial charge is 0.381 e. The zero-order valence-corrected chi connectivity index (χ0v) is 19.5. The van der Waals surface area contributed by atoms with Gasteiger partial charge in [0.1, 0.15) is 0 Å².